The van der Waals surface area contributed by atoms with E-state index >= 15 is 0 Å². The molecule has 0 aliphatic carbocycles. The summed E-state index contributed by atoms with van der Waals surface area (Å²) >= 11 is 0. The van der Waals surface area contributed by atoms with Crippen LogP contribution < -0.4 is 5.32 Å². The first kappa shape index (κ1) is 13.5. The lowest BCUT2D eigenvalue weighted by Gasteiger charge is -2.19. The molecule has 0 amide bonds. The molecule has 1 aromatic carbocycles. The van der Waals surface area contributed by atoms with Crippen LogP contribution in [0.25, 0.3) is 0 Å². The Kier molecular flexibility index (Phi) is 3.88. The van der Waals surface area contributed by atoms with Gasteiger partial charge in [0.05, 0.1) is 17.7 Å². The number of carbonyl (C=O) groups is 1. The SMILES string of the molecule is CC(O)(CNc1ccc(C#N)c(C#N)c1)C(=O)O. The lowest BCUT2D eigenvalue weighted by molar-refractivity contribution is -0.155. The first-order valence-electron chi connectivity index (χ1n) is 5.04. The molecule has 0 aromatic heterocycles. The van der Waals surface area contributed by atoms with Crippen LogP contribution in [0.5, 0.6) is 0 Å². The molecule has 1 atom stereocenters. The summed E-state index contributed by atoms with van der Waals surface area (Å²) in [5.74, 6) is -1.34. The third kappa shape index (κ3) is 2.97. The van der Waals surface area contributed by atoms with Crippen LogP contribution in [-0.2, 0) is 4.79 Å². The van der Waals surface area contributed by atoms with Gasteiger partial charge in [0.2, 0.25) is 0 Å². The summed E-state index contributed by atoms with van der Waals surface area (Å²) in [7, 11) is 0. The maximum Gasteiger partial charge on any atom is 0.337 e. The van der Waals surface area contributed by atoms with Crippen molar-refractivity contribution in [3.8, 4) is 12.1 Å². The Balaban J connectivity index is 2.86. The zero-order chi connectivity index (χ0) is 13.8. The fourth-order valence-corrected chi connectivity index (χ4v) is 1.19. The molecule has 18 heavy (non-hydrogen) atoms. The Morgan fingerprint density at radius 1 is 1.39 bits per heavy atom. The number of nitrogens with zero attached hydrogens (tertiary/aromatic N) is 2. The van der Waals surface area contributed by atoms with E-state index in [0.717, 1.165) is 6.92 Å². The number of hydrogen-bond acceptors (Lipinski definition) is 5. The number of benzene rings is 1. The molecule has 0 aliphatic rings. The molecule has 92 valence electrons. The Morgan fingerprint density at radius 3 is 2.50 bits per heavy atom. The maximum atomic E-state index is 10.7. The highest BCUT2D eigenvalue weighted by atomic mass is 16.4. The minimum absolute atomic E-state index is 0.192. The number of anilines is 1. The quantitative estimate of drug-likeness (QED) is 0.717. The lowest BCUT2D eigenvalue weighted by atomic mass is 10.1. The smallest absolute Gasteiger partial charge is 0.337 e. The number of aliphatic hydroxyl groups is 1. The van der Waals surface area contributed by atoms with E-state index in [-0.39, 0.29) is 17.7 Å². The van der Waals surface area contributed by atoms with E-state index in [9.17, 15) is 9.90 Å². The van der Waals surface area contributed by atoms with Gasteiger partial charge in [0.15, 0.2) is 5.60 Å². The zero-order valence-electron chi connectivity index (χ0n) is 9.64. The van der Waals surface area contributed by atoms with Crippen LogP contribution >= 0.6 is 0 Å². The van der Waals surface area contributed by atoms with Gasteiger partial charge in [-0.05, 0) is 25.1 Å². The van der Waals surface area contributed by atoms with E-state index in [2.05, 4.69) is 5.32 Å². The van der Waals surface area contributed by atoms with Crippen LogP contribution in [0.15, 0.2) is 18.2 Å². The lowest BCUT2D eigenvalue weighted by Crippen LogP contribution is -2.41. The second kappa shape index (κ2) is 5.17. The van der Waals surface area contributed by atoms with Crippen molar-refractivity contribution >= 4 is 11.7 Å². The average molecular weight is 245 g/mol. The zero-order valence-corrected chi connectivity index (χ0v) is 9.64. The van der Waals surface area contributed by atoms with Crippen molar-refractivity contribution in [3.63, 3.8) is 0 Å². The molecule has 0 fully saturated rings. The third-order valence-electron chi connectivity index (χ3n) is 2.36. The molecule has 1 aromatic rings. The monoisotopic (exact) mass is 245 g/mol. The molecule has 1 unspecified atom stereocenters. The normalized spacial score (nSPS) is 12.9. The van der Waals surface area contributed by atoms with Crippen molar-refractivity contribution < 1.29 is 15.0 Å². The summed E-state index contributed by atoms with van der Waals surface area (Å²) in [4.78, 5) is 10.7. The Bertz CT molecular complexity index is 553. The predicted molar refractivity (Wildman–Crippen MR) is 62.6 cm³/mol. The summed E-state index contributed by atoms with van der Waals surface area (Å²) in [6.45, 7) is 0.955. The molecule has 1 rings (SSSR count). The third-order valence-corrected chi connectivity index (χ3v) is 2.36. The Hall–Kier alpha value is -2.57. The van der Waals surface area contributed by atoms with Gasteiger partial charge in [-0.3, -0.25) is 0 Å². The molecule has 0 radical (unpaired) electrons. The van der Waals surface area contributed by atoms with Crippen LogP contribution in [0, 0.1) is 22.7 Å². The summed E-state index contributed by atoms with van der Waals surface area (Å²) in [6, 6.07) is 8.16. The standard InChI is InChI=1S/C12H11N3O3/c1-12(18,11(16)17)7-15-10-3-2-8(5-13)9(4-10)6-14/h2-4,15,18H,7H2,1H3,(H,16,17). The number of hydrogen-bond donors (Lipinski definition) is 3. The van der Waals surface area contributed by atoms with Gasteiger partial charge in [0.25, 0.3) is 0 Å². The van der Waals surface area contributed by atoms with Crippen molar-refractivity contribution in [2.24, 2.45) is 0 Å². The van der Waals surface area contributed by atoms with Gasteiger partial charge in [-0.1, -0.05) is 0 Å². The molecule has 0 heterocycles. The minimum Gasteiger partial charge on any atom is -0.479 e. The molecule has 0 aliphatic heterocycles. The number of aliphatic carboxylic acids is 1. The van der Waals surface area contributed by atoms with Crippen LogP contribution in [0.1, 0.15) is 18.1 Å². The maximum absolute atomic E-state index is 10.7. The molecule has 6 heteroatoms. The average Bonchev–Trinajstić information content (AvgIpc) is 2.35. The van der Waals surface area contributed by atoms with Gasteiger partial charge < -0.3 is 15.5 Å². The first-order valence-corrected chi connectivity index (χ1v) is 5.04. The van der Waals surface area contributed by atoms with Crippen molar-refractivity contribution in [2.75, 3.05) is 11.9 Å². The number of rotatable bonds is 4. The molecular weight excluding hydrogens is 234 g/mol. The van der Waals surface area contributed by atoms with E-state index in [1.165, 1.54) is 18.2 Å². The molecular formula is C12H11N3O3. The van der Waals surface area contributed by atoms with Gasteiger partial charge in [0, 0.05) is 5.69 Å². The number of carboxylic acid groups (broad SMARTS) is 1. The van der Waals surface area contributed by atoms with Crippen molar-refractivity contribution in [3.05, 3.63) is 29.3 Å². The minimum atomic E-state index is -1.90. The van der Waals surface area contributed by atoms with Crippen LogP contribution in [0.4, 0.5) is 5.69 Å². The predicted octanol–water partition coefficient (Wildman–Crippen LogP) is 0.677. The van der Waals surface area contributed by atoms with Gasteiger partial charge in [0.1, 0.15) is 12.1 Å². The van der Waals surface area contributed by atoms with Crippen molar-refractivity contribution in [1.29, 1.82) is 10.5 Å². The highest BCUT2D eigenvalue weighted by Gasteiger charge is 2.29. The van der Waals surface area contributed by atoms with Crippen LogP contribution in [0.2, 0.25) is 0 Å². The van der Waals surface area contributed by atoms with E-state index < -0.39 is 11.6 Å². The Morgan fingerprint density at radius 2 is 2.00 bits per heavy atom. The second-order valence-corrected chi connectivity index (χ2v) is 3.92. The van der Waals surface area contributed by atoms with Gasteiger partial charge in [-0.25, -0.2) is 4.79 Å². The number of carboxylic acids is 1. The van der Waals surface area contributed by atoms with Crippen molar-refractivity contribution in [1.82, 2.24) is 0 Å². The molecule has 0 saturated carbocycles. The highest BCUT2D eigenvalue weighted by molar-refractivity contribution is 5.77. The van der Waals surface area contributed by atoms with Crippen LogP contribution in [0.3, 0.4) is 0 Å². The van der Waals surface area contributed by atoms with E-state index in [1.54, 1.807) is 0 Å². The summed E-state index contributed by atoms with van der Waals surface area (Å²) in [6.07, 6.45) is 0. The van der Waals surface area contributed by atoms with Gasteiger partial charge in [-0.15, -0.1) is 0 Å². The van der Waals surface area contributed by atoms with E-state index in [4.69, 9.17) is 15.6 Å². The second-order valence-electron chi connectivity index (χ2n) is 3.92. The first-order chi connectivity index (χ1) is 8.40. The van der Waals surface area contributed by atoms with Crippen molar-refractivity contribution in [2.45, 2.75) is 12.5 Å². The largest absolute Gasteiger partial charge is 0.479 e. The molecule has 0 saturated heterocycles. The molecule has 0 spiro atoms. The van der Waals surface area contributed by atoms with E-state index in [1.807, 2.05) is 12.1 Å². The number of nitrogens with one attached hydrogen (secondary N) is 1. The Labute approximate surface area is 104 Å². The summed E-state index contributed by atoms with van der Waals surface area (Å²) < 4.78 is 0. The molecule has 0 bridgehead atoms. The number of nitriles is 2. The highest BCUT2D eigenvalue weighted by Crippen LogP contribution is 2.15. The molecule has 3 N–H and O–H groups in total. The topological polar surface area (TPSA) is 117 Å². The molecule has 6 nitrogen and oxygen atoms in total. The fraction of sp³-hybridized carbons (Fsp3) is 0.250. The van der Waals surface area contributed by atoms with Gasteiger partial charge in [-0.2, -0.15) is 10.5 Å². The van der Waals surface area contributed by atoms with Gasteiger partial charge >= 0.3 is 5.97 Å². The van der Waals surface area contributed by atoms with Crippen LogP contribution in [-0.4, -0.2) is 28.3 Å². The summed E-state index contributed by atoms with van der Waals surface area (Å²) in [5.41, 5.74) is -1.00. The summed E-state index contributed by atoms with van der Waals surface area (Å²) in [5, 5.41) is 38.5. The fourth-order valence-electron chi connectivity index (χ4n) is 1.19. The van der Waals surface area contributed by atoms with E-state index in [0.29, 0.717) is 5.69 Å².